The van der Waals surface area contributed by atoms with Gasteiger partial charge in [0, 0.05) is 20.0 Å². The molecule has 1 fully saturated rings. The molecule has 5 heteroatoms. The quantitative estimate of drug-likeness (QED) is 0.786. The standard InChI is InChI=1S/C11H16N4O/c1-8(16)13-10-5-4-9(12)11(14-10)15-6-2-3-7-15/h4-5H,2-3,6-7,12H2,1H3,(H,13,14,16). The molecule has 16 heavy (non-hydrogen) atoms. The Morgan fingerprint density at radius 1 is 1.44 bits per heavy atom. The summed E-state index contributed by atoms with van der Waals surface area (Å²) < 4.78 is 0. The Morgan fingerprint density at radius 2 is 2.12 bits per heavy atom. The third-order valence-electron chi connectivity index (χ3n) is 2.62. The summed E-state index contributed by atoms with van der Waals surface area (Å²) >= 11 is 0. The third-order valence-corrected chi connectivity index (χ3v) is 2.62. The highest BCUT2D eigenvalue weighted by molar-refractivity contribution is 5.88. The lowest BCUT2D eigenvalue weighted by Gasteiger charge is -2.19. The van der Waals surface area contributed by atoms with Crippen LogP contribution < -0.4 is 16.0 Å². The Balaban J connectivity index is 2.24. The summed E-state index contributed by atoms with van der Waals surface area (Å²) in [6.45, 7) is 3.44. The van der Waals surface area contributed by atoms with Gasteiger partial charge in [-0.05, 0) is 25.0 Å². The predicted molar refractivity (Wildman–Crippen MR) is 64.4 cm³/mol. The van der Waals surface area contributed by atoms with Crippen LogP contribution in [0.5, 0.6) is 0 Å². The maximum atomic E-state index is 10.9. The number of hydrogen-bond acceptors (Lipinski definition) is 4. The molecular weight excluding hydrogens is 204 g/mol. The van der Waals surface area contributed by atoms with E-state index in [1.165, 1.54) is 19.8 Å². The van der Waals surface area contributed by atoms with Crippen molar-refractivity contribution in [3.63, 3.8) is 0 Å². The van der Waals surface area contributed by atoms with E-state index in [-0.39, 0.29) is 5.91 Å². The van der Waals surface area contributed by atoms with Gasteiger partial charge in [0.05, 0.1) is 5.69 Å². The first kappa shape index (κ1) is 10.7. The molecule has 1 saturated heterocycles. The Hall–Kier alpha value is -1.78. The minimum atomic E-state index is -0.121. The summed E-state index contributed by atoms with van der Waals surface area (Å²) in [6.07, 6.45) is 2.34. The highest BCUT2D eigenvalue weighted by Gasteiger charge is 2.16. The van der Waals surface area contributed by atoms with E-state index in [0.717, 1.165) is 18.9 Å². The first-order valence-corrected chi connectivity index (χ1v) is 5.46. The fraction of sp³-hybridized carbons (Fsp3) is 0.455. The predicted octanol–water partition coefficient (Wildman–Crippen LogP) is 1.22. The van der Waals surface area contributed by atoms with Crippen LogP contribution in [-0.2, 0) is 4.79 Å². The third kappa shape index (κ3) is 2.24. The van der Waals surface area contributed by atoms with Crippen LogP contribution in [0, 0.1) is 0 Å². The first-order valence-electron chi connectivity index (χ1n) is 5.46. The highest BCUT2D eigenvalue weighted by Crippen LogP contribution is 2.25. The monoisotopic (exact) mass is 220 g/mol. The molecule has 1 amide bonds. The van der Waals surface area contributed by atoms with Gasteiger partial charge in [-0.2, -0.15) is 0 Å². The number of carbonyl (C=O) groups excluding carboxylic acids is 1. The van der Waals surface area contributed by atoms with E-state index in [2.05, 4.69) is 15.2 Å². The van der Waals surface area contributed by atoms with Crippen molar-refractivity contribution in [2.75, 3.05) is 29.0 Å². The maximum absolute atomic E-state index is 10.9. The van der Waals surface area contributed by atoms with Gasteiger partial charge in [0.15, 0.2) is 5.82 Å². The normalized spacial score (nSPS) is 15.2. The minimum Gasteiger partial charge on any atom is -0.396 e. The Kier molecular flexibility index (Phi) is 2.94. The molecule has 0 unspecified atom stereocenters. The van der Waals surface area contributed by atoms with E-state index in [9.17, 15) is 4.79 Å². The minimum absolute atomic E-state index is 0.121. The number of nitrogens with one attached hydrogen (secondary N) is 1. The molecule has 2 heterocycles. The van der Waals surface area contributed by atoms with Crippen molar-refractivity contribution >= 4 is 23.2 Å². The zero-order valence-corrected chi connectivity index (χ0v) is 9.36. The van der Waals surface area contributed by atoms with Crippen molar-refractivity contribution in [2.24, 2.45) is 0 Å². The number of aromatic nitrogens is 1. The van der Waals surface area contributed by atoms with Crippen molar-refractivity contribution in [2.45, 2.75) is 19.8 Å². The van der Waals surface area contributed by atoms with E-state index in [0.29, 0.717) is 11.5 Å². The SMILES string of the molecule is CC(=O)Nc1ccc(N)c(N2CCCC2)n1. The van der Waals surface area contributed by atoms with Gasteiger partial charge in [-0.1, -0.05) is 0 Å². The number of pyridine rings is 1. The molecule has 1 aliphatic heterocycles. The number of nitrogens with zero attached hydrogens (tertiary/aromatic N) is 2. The smallest absolute Gasteiger partial charge is 0.222 e. The second kappa shape index (κ2) is 4.38. The Labute approximate surface area is 94.6 Å². The molecule has 0 saturated carbocycles. The number of carbonyl (C=O) groups is 1. The molecule has 0 aromatic carbocycles. The number of rotatable bonds is 2. The Bertz CT molecular complexity index is 399. The van der Waals surface area contributed by atoms with Crippen LogP contribution in [0.3, 0.4) is 0 Å². The van der Waals surface area contributed by atoms with Crippen LogP contribution in [-0.4, -0.2) is 24.0 Å². The van der Waals surface area contributed by atoms with Crippen molar-refractivity contribution in [3.8, 4) is 0 Å². The van der Waals surface area contributed by atoms with Gasteiger partial charge in [-0.15, -0.1) is 0 Å². The van der Waals surface area contributed by atoms with Gasteiger partial charge in [-0.25, -0.2) is 4.98 Å². The van der Waals surface area contributed by atoms with Gasteiger partial charge in [0.1, 0.15) is 5.82 Å². The van der Waals surface area contributed by atoms with Crippen molar-refractivity contribution in [1.82, 2.24) is 4.98 Å². The van der Waals surface area contributed by atoms with Gasteiger partial charge in [0.25, 0.3) is 0 Å². The fourth-order valence-electron chi connectivity index (χ4n) is 1.89. The van der Waals surface area contributed by atoms with E-state index >= 15 is 0 Å². The topological polar surface area (TPSA) is 71.2 Å². The number of nitrogen functional groups attached to an aromatic ring is 1. The molecule has 86 valence electrons. The van der Waals surface area contributed by atoms with Crippen molar-refractivity contribution < 1.29 is 4.79 Å². The lowest BCUT2D eigenvalue weighted by Crippen LogP contribution is -2.21. The summed E-state index contributed by atoms with van der Waals surface area (Å²) in [5.41, 5.74) is 6.55. The molecule has 2 rings (SSSR count). The summed E-state index contributed by atoms with van der Waals surface area (Å²) in [5.74, 6) is 1.22. The zero-order valence-electron chi connectivity index (χ0n) is 9.36. The maximum Gasteiger partial charge on any atom is 0.222 e. The summed E-state index contributed by atoms with van der Waals surface area (Å²) in [5, 5.41) is 2.66. The fourth-order valence-corrected chi connectivity index (χ4v) is 1.89. The molecule has 1 aromatic rings. The molecule has 3 N–H and O–H groups in total. The van der Waals surface area contributed by atoms with Crippen LogP contribution in [0.15, 0.2) is 12.1 Å². The average molecular weight is 220 g/mol. The van der Waals surface area contributed by atoms with Gasteiger partial charge in [0.2, 0.25) is 5.91 Å². The molecule has 1 aliphatic rings. The highest BCUT2D eigenvalue weighted by atomic mass is 16.1. The second-order valence-electron chi connectivity index (χ2n) is 3.98. The number of hydrogen-bond donors (Lipinski definition) is 2. The average Bonchev–Trinajstić information content (AvgIpc) is 2.73. The number of amides is 1. The summed E-state index contributed by atoms with van der Waals surface area (Å²) in [7, 11) is 0. The van der Waals surface area contributed by atoms with Crippen molar-refractivity contribution in [3.05, 3.63) is 12.1 Å². The zero-order chi connectivity index (χ0) is 11.5. The van der Waals surface area contributed by atoms with E-state index in [1.54, 1.807) is 12.1 Å². The van der Waals surface area contributed by atoms with Gasteiger partial charge in [-0.3, -0.25) is 4.79 Å². The first-order chi connectivity index (χ1) is 7.66. The molecular formula is C11H16N4O. The molecule has 0 radical (unpaired) electrons. The van der Waals surface area contributed by atoms with Gasteiger partial charge < -0.3 is 16.0 Å². The van der Waals surface area contributed by atoms with Crippen molar-refractivity contribution in [1.29, 1.82) is 0 Å². The molecule has 0 bridgehead atoms. The largest absolute Gasteiger partial charge is 0.396 e. The van der Waals surface area contributed by atoms with E-state index < -0.39 is 0 Å². The lowest BCUT2D eigenvalue weighted by molar-refractivity contribution is -0.114. The Morgan fingerprint density at radius 3 is 2.75 bits per heavy atom. The van der Waals surface area contributed by atoms with Gasteiger partial charge >= 0.3 is 0 Å². The molecule has 0 atom stereocenters. The van der Waals surface area contributed by atoms with E-state index in [1.807, 2.05) is 0 Å². The second-order valence-corrected chi connectivity index (χ2v) is 3.98. The van der Waals surface area contributed by atoms with Crippen LogP contribution in [0.25, 0.3) is 0 Å². The van der Waals surface area contributed by atoms with Crippen LogP contribution in [0.1, 0.15) is 19.8 Å². The number of anilines is 3. The molecule has 0 aliphatic carbocycles. The van der Waals surface area contributed by atoms with Crippen LogP contribution in [0.2, 0.25) is 0 Å². The molecule has 0 spiro atoms. The molecule has 1 aromatic heterocycles. The van der Waals surface area contributed by atoms with Crippen LogP contribution >= 0.6 is 0 Å². The van der Waals surface area contributed by atoms with E-state index in [4.69, 9.17) is 5.73 Å². The lowest BCUT2D eigenvalue weighted by atomic mass is 10.3. The number of nitrogens with two attached hydrogens (primary N) is 1. The van der Waals surface area contributed by atoms with Crippen LogP contribution in [0.4, 0.5) is 17.3 Å². The summed E-state index contributed by atoms with van der Waals surface area (Å²) in [6, 6.07) is 3.50. The summed E-state index contributed by atoms with van der Waals surface area (Å²) in [4.78, 5) is 17.5. The molecule has 5 nitrogen and oxygen atoms in total.